The van der Waals surface area contributed by atoms with Gasteiger partial charge in [0.25, 0.3) is 0 Å². The maximum absolute atomic E-state index is 5.44. The van der Waals surface area contributed by atoms with Gasteiger partial charge in [-0.1, -0.05) is 35.0 Å². The van der Waals surface area contributed by atoms with Crippen LogP contribution in [0.5, 0.6) is 0 Å². The minimum atomic E-state index is 0.583. The van der Waals surface area contributed by atoms with E-state index in [2.05, 4.69) is 59.4 Å². The maximum Gasteiger partial charge on any atom is 0.0466 e. The van der Waals surface area contributed by atoms with Crippen LogP contribution in [0.4, 0.5) is 0 Å². The molecule has 0 aromatic heterocycles. The largest absolute Gasteiger partial charge is 0.382 e. The molecule has 19 heavy (non-hydrogen) atoms. The Morgan fingerprint density at radius 1 is 1.21 bits per heavy atom. The van der Waals surface area contributed by atoms with Crippen LogP contribution in [0.15, 0.2) is 28.7 Å². The summed E-state index contributed by atoms with van der Waals surface area (Å²) in [5.41, 5.74) is 1.42. The first kappa shape index (κ1) is 16.7. The number of hydrogen-bond donors (Lipinski definition) is 1. The van der Waals surface area contributed by atoms with Crippen molar-refractivity contribution in [2.75, 3.05) is 26.3 Å². The Balaban J connectivity index is 2.49. The highest BCUT2D eigenvalue weighted by molar-refractivity contribution is 9.10. The normalized spacial score (nSPS) is 12.6. The summed E-state index contributed by atoms with van der Waals surface area (Å²) in [6.07, 6.45) is 3.49. The minimum absolute atomic E-state index is 0.583. The van der Waals surface area contributed by atoms with E-state index >= 15 is 0 Å². The molecular weight excluding hydrogens is 302 g/mol. The van der Waals surface area contributed by atoms with E-state index in [0.29, 0.717) is 5.92 Å². The second-order valence-electron chi connectivity index (χ2n) is 4.79. The van der Waals surface area contributed by atoms with Gasteiger partial charge in [-0.05, 0) is 56.3 Å². The van der Waals surface area contributed by atoms with Crippen LogP contribution in [0.3, 0.4) is 0 Å². The quantitative estimate of drug-likeness (QED) is 0.645. The molecule has 1 rings (SSSR count). The van der Waals surface area contributed by atoms with Gasteiger partial charge in [0.15, 0.2) is 0 Å². The van der Waals surface area contributed by atoms with Gasteiger partial charge < -0.3 is 10.1 Å². The van der Waals surface area contributed by atoms with Crippen molar-refractivity contribution in [2.45, 2.75) is 39.0 Å². The molecule has 0 amide bonds. The van der Waals surface area contributed by atoms with Gasteiger partial charge in [0.2, 0.25) is 0 Å². The lowest BCUT2D eigenvalue weighted by Gasteiger charge is -2.18. The van der Waals surface area contributed by atoms with E-state index < -0.39 is 0 Å². The number of ether oxygens (including phenoxy) is 1. The van der Waals surface area contributed by atoms with E-state index in [9.17, 15) is 0 Å². The highest BCUT2D eigenvalue weighted by Crippen LogP contribution is 2.22. The molecule has 0 bridgehead atoms. The number of benzene rings is 1. The fourth-order valence-electron chi connectivity index (χ4n) is 2.15. The lowest BCUT2D eigenvalue weighted by Crippen LogP contribution is -2.22. The molecule has 108 valence electrons. The Kier molecular flexibility index (Phi) is 9.14. The third-order valence-electron chi connectivity index (χ3n) is 3.20. The van der Waals surface area contributed by atoms with E-state index in [1.807, 2.05) is 0 Å². The van der Waals surface area contributed by atoms with E-state index in [-0.39, 0.29) is 0 Å². The van der Waals surface area contributed by atoms with Gasteiger partial charge in [-0.3, -0.25) is 0 Å². The molecule has 0 saturated heterocycles. The lowest BCUT2D eigenvalue weighted by atomic mass is 9.94. The Bertz CT molecular complexity index is 326. The number of rotatable bonds is 10. The predicted octanol–water partition coefficient (Wildman–Crippen LogP) is 4.35. The van der Waals surface area contributed by atoms with Crippen LogP contribution in [-0.4, -0.2) is 26.3 Å². The summed E-state index contributed by atoms with van der Waals surface area (Å²) in [6.45, 7) is 8.10. The number of nitrogens with one attached hydrogen (secondary N) is 1. The number of halogens is 1. The highest BCUT2D eigenvalue weighted by Gasteiger charge is 2.10. The Labute approximate surface area is 126 Å². The second-order valence-corrected chi connectivity index (χ2v) is 5.71. The molecule has 1 aromatic carbocycles. The molecular formula is C16H26BrNO. The average Bonchev–Trinajstić information content (AvgIpc) is 2.43. The van der Waals surface area contributed by atoms with Crippen molar-refractivity contribution < 1.29 is 4.74 Å². The monoisotopic (exact) mass is 327 g/mol. The van der Waals surface area contributed by atoms with Gasteiger partial charge in [0.1, 0.15) is 0 Å². The molecule has 0 radical (unpaired) electrons. The van der Waals surface area contributed by atoms with Crippen LogP contribution in [-0.2, 0) is 4.74 Å². The molecule has 1 N–H and O–H groups in total. The van der Waals surface area contributed by atoms with E-state index in [0.717, 1.165) is 37.2 Å². The zero-order valence-corrected chi connectivity index (χ0v) is 13.7. The first-order chi connectivity index (χ1) is 9.27. The molecule has 0 heterocycles. The summed E-state index contributed by atoms with van der Waals surface area (Å²) in [4.78, 5) is 0. The van der Waals surface area contributed by atoms with Gasteiger partial charge in [-0.15, -0.1) is 0 Å². The van der Waals surface area contributed by atoms with Crippen LogP contribution in [0, 0.1) is 0 Å². The average molecular weight is 328 g/mol. The SMILES string of the molecule is CCCNCC(CCCOCC)c1ccc(Br)cc1. The molecule has 1 atom stereocenters. The van der Waals surface area contributed by atoms with Crippen molar-refractivity contribution in [3.8, 4) is 0 Å². The zero-order valence-electron chi connectivity index (χ0n) is 12.1. The molecule has 0 spiro atoms. The summed E-state index contributed by atoms with van der Waals surface area (Å²) >= 11 is 3.50. The van der Waals surface area contributed by atoms with Crippen molar-refractivity contribution in [3.05, 3.63) is 34.3 Å². The second kappa shape index (κ2) is 10.4. The van der Waals surface area contributed by atoms with Crippen LogP contribution in [0.25, 0.3) is 0 Å². The van der Waals surface area contributed by atoms with Gasteiger partial charge in [-0.25, -0.2) is 0 Å². The van der Waals surface area contributed by atoms with Crippen molar-refractivity contribution in [3.63, 3.8) is 0 Å². The fraction of sp³-hybridized carbons (Fsp3) is 0.625. The summed E-state index contributed by atoms with van der Waals surface area (Å²) < 4.78 is 6.58. The Morgan fingerprint density at radius 2 is 1.95 bits per heavy atom. The fourth-order valence-corrected chi connectivity index (χ4v) is 2.42. The van der Waals surface area contributed by atoms with Gasteiger partial charge in [-0.2, -0.15) is 0 Å². The maximum atomic E-state index is 5.44. The summed E-state index contributed by atoms with van der Waals surface area (Å²) in [7, 11) is 0. The first-order valence-corrected chi connectivity index (χ1v) is 8.11. The van der Waals surface area contributed by atoms with Crippen LogP contribution in [0.2, 0.25) is 0 Å². The van der Waals surface area contributed by atoms with E-state index in [4.69, 9.17) is 4.74 Å². The molecule has 0 aliphatic rings. The third kappa shape index (κ3) is 7.09. The molecule has 1 unspecified atom stereocenters. The van der Waals surface area contributed by atoms with Gasteiger partial charge in [0.05, 0.1) is 0 Å². The van der Waals surface area contributed by atoms with E-state index in [1.54, 1.807) is 0 Å². The number of hydrogen-bond acceptors (Lipinski definition) is 2. The van der Waals surface area contributed by atoms with Crippen LogP contribution >= 0.6 is 15.9 Å². The molecule has 1 aromatic rings. The first-order valence-electron chi connectivity index (χ1n) is 7.31. The molecule has 0 fully saturated rings. The van der Waals surface area contributed by atoms with Gasteiger partial charge >= 0.3 is 0 Å². The highest BCUT2D eigenvalue weighted by atomic mass is 79.9. The zero-order chi connectivity index (χ0) is 13.9. The Hall–Kier alpha value is -0.380. The van der Waals surface area contributed by atoms with Crippen molar-refractivity contribution in [2.24, 2.45) is 0 Å². The minimum Gasteiger partial charge on any atom is -0.382 e. The third-order valence-corrected chi connectivity index (χ3v) is 3.73. The van der Waals surface area contributed by atoms with Gasteiger partial charge in [0, 0.05) is 24.2 Å². The van der Waals surface area contributed by atoms with Crippen LogP contribution < -0.4 is 5.32 Å². The smallest absolute Gasteiger partial charge is 0.0466 e. The van der Waals surface area contributed by atoms with Crippen molar-refractivity contribution in [1.29, 1.82) is 0 Å². The summed E-state index contributed by atoms with van der Waals surface area (Å²) in [5, 5.41) is 3.54. The lowest BCUT2D eigenvalue weighted by molar-refractivity contribution is 0.141. The molecule has 2 nitrogen and oxygen atoms in total. The molecule has 0 aliphatic carbocycles. The molecule has 3 heteroatoms. The molecule has 0 aliphatic heterocycles. The van der Waals surface area contributed by atoms with Crippen molar-refractivity contribution in [1.82, 2.24) is 5.32 Å². The van der Waals surface area contributed by atoms with Crippen LogP contribution in [0.1, 0.15) is 44.6 Å². The topological polar surface area (TPSA) is 21.3 Å². The van der Waals surface area contributed by atoms with E-state index in [1.165, 1.54) is 18.4 Å². The molecule has 0 saturated carbocycles. The van der Waals surface area contributed by atoms with Crippen molar-refractivity contribution >= 4 is 15.9 Å². The summed E-state index contributed by atoms with van der Waals surface area (Å²) in [6, 6.07) is 8.71. The Morgan fingerprint density at radius 3 is 2.58 bits per heavy atom. The summed E-state index contributed by atoms with van der Waals surface area (Å²) in [5.74, 6) is 0.583. The standard InChI is InChI=1S/C16H26BrNO/c1-3-11-18-13-15(6-5-12-19-4-2)14-7-9-16(17)10-8-14/h7-10,15,18H,3-6,11-13H2,1-2H3. The predicted molar refractivity (Wildman–Crippen MR) is 85.8 cm³/mol.